The molecule has 0 aliphatic heterocycles. The number of hydrogen-bond acceptors (Lipinski definition) is 4. The Bertz CT molecular complexity index is 340. The Kier molecular flexibility index (Phi) is 5.16. The van der Waals surface area contributed by atoms with Crippen molar-refractivity contribution in [2.24, 2.45) is 5.14 Å². The summed E-state index contributed by atoms with van der Waals surface area (Å²) in [5.74, 6) is -0.823. The monoisotopic (exact) mass is 264 g/mol. The minimum Gasteiger partial charge on any atom is -0.469 e. The molecule has 0 bridgehead atoms. The molecule has 0 spiro atoms. The van der Waals surface area contributed by atoms with Crippen LogP contribution in [0.3, 0.4) is 0 Å². The molecular formula is C6H11F3N2O4S. The van der Waals surface area contributed by atoms with Crippen molar-refractivity contribution in [1.82, 2.24) is 4.31 Å². The lowest BCUT2D eigenvalue weighted by Gasteiger charge is -2.20. The molecule has 0 rings (SSSR count). The molecule has 0 amide bonds. The predicted molar refractivity (Wildman–Crippen MR) is 47.4 cm³/mol. The minimum absolute atomic E-state index is 0.0378. The predicted octanol–water partition coefficient (Wildman–Crippen LogP) is -0.383. The van der Waals surface area contributed by atoms with E-state index in [1.807, 2.05) is 0 Å². The summed E-state index contributed by atoms with van der Waals surface area (Å²) in [5.41, 5.74) is 0. The molecule has 0 aromatic carbocycles. The van der Waals surface area contributed by atoms with Crippen molar-refractivity contribution in [2.45, 2.75) is 12.6 Å². The number of esters is 1. The maximum absolute atomic E-state index is 12.0. The Morgan fingerprint density at radius 3 is 2.25 bits per heavy atom. The van der Waals surface area contributed by atoms with Crippen LogP contribution in [-0.4, -0.2) is 45.1 Å². The van der Waals surface area contributed by atoms with Crippen LogP contribution >= 0.6 is 0 Å². The second kappa shape index (κ2) is 5.46. The molecule has 0 heterocycles. The number of rotatable bonds is 5. The summed E-state index contributed by atoms with van der Waals surface area (Å²) >= 11 is 0. The number of carbonyl (C=O) groups excluding carboxylic acids is 1. The van der Waals surface area contributed by atoms with E-state index in [-0.39, 0.29) is 4.31 Å². The molecule has 96 valence electrons. The molecule has 16 heavy (non-hydrogen) atoms. The highest BCUT2D eigenvalue weighted by molar-refractivity contribution is 7.86. The maximum atomic E-state index is 12.0. The van der Waals surface area contributed by atoms with Gasteiger partial charge in [0.15, 0.2) is 0 Å². The van der Waals surface area contributed by atoms with Crippen molar-refractivity contribution < 1.29 is 31.1 Å². The standard InChI is InChI=1S/C6H11F3N2O4S/c1-15-5(12)2-3-11(16(10,13)14)4-6(7,8)9/h2-4H2,1H3,(H2,10,13,14). The number of nitrogens with two attached hydrogens (primary N) is 1. The second-order valence-corrected chi connectivity index (χ2v) is 4.37. The van der Waals surface area contributed by atoms with Gasteiger partial charge in [-0.1, -0.05) is 0 Å². The molecule has 0 aromatic heterocycles. The third-order valence-electron chi connectivity index (χ3n) is 1.51. The fourth-order valence-electron chi connectivity index (χ4n) is 0.814. The zero-order chi connectivity index (χ0) is 13.0. The largest absolute Gasteiger partial charge is 0.469 e. The Morgan fingerprint density at radius 1 is 1.44 bits per heavy atom. The molecule has 0 aliphatic rings. The summed E-state index contributed by atoms with van der Waals surface area (Å²) in [7, 11) is -3.46. The second-order valence-electron chi connectivity index (χ2n) is 2.82. The van der Waals surface area contributed by atoms with Crippen molar-refractivity contribution in [3.05, 3.63) is 0 Å². The number of ether oxygens (including phenoxy) is 1. The van der Waals surface area contributed by atoms with Crippen LogP contribution in [0.5, 0.6) is 0 Å². The highest BCUT2D eigenvalue weighted by Gasteiger charge is 2.35. The van der Waals surface area contributed by atoms with Crippen LogP contribution in [0.2, 0.25) is 0 Å². The van der Waals surface area contributed by atoms with Gasteiger partial charge in [-0.25, -0.2) is 5.14 Å². The number of nitrogens with zero attached hydrogens (tertiary/aromatic N) is 1. The molecule has 10 heteroatoms. The molecule has 0 aromatic rings. The molecule has 0 atom stereocenters. The Morgan fingerprint density at radius 2 is 1.94 bits per heavy atom. The van der Waals surface area contributed by atoms with Gasteiger partial charge in [0.2, 0.25) is 0 Å². The van der Waals surface area contributed by atoms with Gasteiger partial charge in [-0.3, -0.25) is 4.79 Å². The van der Waals surface area contributed by atoms with Crippen molar-refractivity contribution in [3.8, 4) is 0 Å². The normalized spacial score (nSPS) is 12.9. The first kappa shape index (κ1) is 15.1. The van der Waals surface area contributed by atoms with E-state index >= 15 is 0 Å². The van der Waals surface area contributed by atoms with E-state index in [0.29, 0.717) is 0 Å². The van der Waals surface area contributed by atoms with Gasteiger partial charge in [0.05, 0.1) is 13.5 Å². The summed E-state index contributed by atoms with van der Waals surface area (Å²) in [6, 6.07) is 0. The van der Waals surface area contributed by atoms with Crippen molar-refractivity contribution in [2.75, 3.05) is 20.2 Å². The number of halogens is 3. The summed E-state index contributed by atoms with van der Waals surface area (Å²) in [6.07, 6.45) is -5.22. The molecule has 2 N–H and O–H groups in total. The summed E-state index contributed by atoms with van der Waals surface area (Å²) in [5, 5.41) is 4.56. The first-order valence-corrected chi connectivity index (χ1v) is 5.48. The van der Waals surface area contributed by atoms with Gasteiger partial charge in [-0.05, 0) is 0 Å². The molecule has 0 fully saturated rings. The molecule has 0 saturated heterocycles. The minimum atomic E-state index is -4.72. The van der Waals surface area contributed by atoms with E-state index in [1.54, 1.807) is 0 Å². The average molecular weight is 264 g/mol. The molecule has 0 aliphatic carbocycles. The lowest BCUT2D eigenvalue weighted by atomic mass is 10.4. The molecule has 0 unspecified atom stereocenters. The molecule has 0 saturated carbocycles. The van der Waals surface area contributed by atoms with Crippen LogP contribution in [0.25, 0.3) is 0 Å². The first-order chi connectivity index (χ1) is 7.06. The lowest BCUT2D eigenvalue weighted by molar-refractivity contribution is -0.144. The summed E-state index contributed by atoms with van der Waals surface area (Å²) < 4.78 is 61.5. The highest BCUT2D eigenvalue weighted by atomic mass is 32.2. The first-order valence-electron chi connectivity index (χ1n) is 3.97. The molecule has 6 nitrogen and oxygen atoms in total. The van der Waals surface area contributed by atoms with Crippen LogP contribution < -0.4 is 5.14 Å². The maximum Gasteiger partial charge on any atom is 0.402 e. The Balaban J connectivity index is 4.53. The van der Waals surface area contributed by atoms with Crippen LogP contribution in [0.4, 0.5) is 13.2 Å². The van der Waals surface area contributed by atoms with E-state index in [2.05, 4.69) is 9.88 Å². The summed E-state index contributed by atoms with van der Waals surface area (Å²) in [4.78, 5) is 10.6. The topological polar surface area (TPSA) is 89.7 Å². The summed E-state index contributed by atoms with van der Waals surface area (Å²) in [6.45, 7) is -2.41. The highest BCUT2D eigenvalue weighted by Crippen LogP contribution is 2.17. The van der Waals surface area contributed by atoms with Crippen molar-refractivity contribution in [1.29, 1.82) is 0 Å². The number of alkyl halides is 3. The zero-order valence-corrected chi connectivity index (χ0v) is 9.14. The van der Waals surface area contributed by atoms with Crippen LogP contribution in [-0.2, 0) is 19.7 Å². The molecule has 0 radical (unpaired) electrons. The van der Waals surface area contributed by atoms with Crippen LogP contribution in [0.1, 0.15) is 6.42 Å². The van der Waals surface area contributed by atoms with Gasteiger partial charge >= 0.3 is 12.1 Å². The zero-order valence-electron chi connectivity index (χ0n) is 8.32. The average Bonchev–Trinajstić information content (AvgIpc) is 2.08. The van der Waals surface area contributed by atoms with Gasteiger partial charge in [0.1, 0.15) is 6.54 Å². The molecular weight excluding hydrogens is 253 g/mol. The van der Waals surface area contributed by atoms with Crippen molar-refractivity contribution in [3.63, 3.8) is 0 Å². The lowest BCUT2D eigenvalue weighted by Crippen LogP contribution is -2.43. The Hall–Kier alpha value is -0.870. The third-order valence-corrected chi connectivity index (χ3v) is 2.54. The van der Waals surface area contributed by atoms with Gasteiger partial charge < -0.3 is 4.74 Å². The van der Waals surface area contributed by atoms with Gasteiger partial charge in [-0.2, -0.15) is 25.9 Å². The fourth-order valence-corrected chi connectivity index (χ4v) is 1.49. The van der Waals surface area contributed by atoms with Crippen LogP contribution in [0.15, 0.2) is 0 Å². The van der Waals surface area contributed by atoms with Crippen LogP contribution in [0, 0.1) is 0 Å². The van der Waals surface area contributed by atoms with Gasteiger partial charge in [0, 0.05) is 6.54 Å². The van der Waals surface area contributed by atoms with Crippen molar-refractivity contribution >= 4 is 16.2 Å². The van der Waals surface area contributed by atoms with E-state index in [9.17, 15) is 26.4 Å². The van der Waals surface area contributed by atoms with Gasteiger partial charge in [0.25, 0.3) is 10.2 Å². The number of methoxy groups -OCH3 is 1. The fraction of sp³-hybridized carbons (Fsp3) is 0.833. The number of carbonyl (C=O) groups is 1. The number of hydrogen-bond donors (Lipinski definition) is 1. The smallest absolute Gasteiger partial charge is 0.402 e. The Labute approximate surface area is 90.3 Å². The van der Waals surface area contributed by atoms with E-state index in [4.69, 9.17) is 0 Å². The quantitative estimate of drug-likeness (QED) is 0.685. The SMILES string of the molecule is COC(=O)CCN(CC(F)(F)F)S(N)(=O)=O. The third kappa shape index (κ3) is 6.58. The van der Waals surface area contributed by atoms with E-state index < -0.39 is 41.9 Å². The van der Waals surface area contributed by atoms with E-state index in [0.717, 1.165) is 7.11 Å². The van der Waals surface area contributed by atoms with E-state index in [1.165, 1.54) is 0 Å². The van der Waals surface area contributed by atoms with Gasteiger partial charge in [-0.15, -0.1) is 0 Å².